The van der Waals surface area contributed by atoms with Gasteiger partial charge in [0.1, 0.15) is 36.0 Å². The zero-order valence-corrected chi connectivity index (χ0v) is 19.2. The van der Waals surface area contributed by atoms with Crippen molar-refractivity contribution in [2.45, 2.75) is 13.0 Å². The molecule has 1 atom stereocenters. The van der Waals surface area contributed by atoms with E-state index < -0.39 is 11.9 Å². The van der Waals surface area contributed by atoms with Crippen molar-refractivity contribution < 1.29 is 14.1 Å². The molecule has 1 fully saturated rings. The first-order valence-corrected chi connectivity index (χ1v) is 10.7. The second-order valence-electron chi connectivity index (χ2n) is 7.64. The highest BCUT2D eigenvalue weighted by atomic mass is 35.5. The van der Waals surface area contributed by atoms with Crippen LogP contribution in [0.2, 0.25) is 5.02 Å². The number of hydrogen-bond acceptors (Lipinski definition) is 7. The highest BCUT2D eigenvalue weighted by Gasteiger charge is 2.27. The van der Waals surface area contributed by atoms with E-state index in [2.05, 4.69) is 19.9 Å². The number of rotatable bonds is 4. The Hall–Kier alpha value is -3.37. The normalized spacial score (nSPS) is 17.3. The number of fused-ring (bicyclic) bond motifs is 1. The third-order valence-corrected chi connectivity index (χ3v) is 5.72. The summed E-state index contributed by atoms with van der Waals surface area (Å²) in [5.74, 6) is 0.168. The smallest absolute Gasteiger partial charge is 0.279 e. The molecule has 4 rings (SSSR count). The van der Waals surface area contributed by atoms with Gasteiger partial charge in [0.05, 0.1) is 13.2 Å². The molecule has 0 amide bonds. The van der Waals surface area contributed by atoms with Crippen LogP contribution in [0.1, 0.15) is 5.82 Å². The molecule has 9 nitrogen and oxygen atoms in total. The van der Waals surface area contributed by atoms with Crippen LogP contribution in [0.3, 0.4) is 0 Å². The number of ether oxygens (including phenoxy) is 1. The summed E-state index contributed by atoms with van der Waals surface area (Å²) in [5, 5.41) is 0.256. The summed E-state index contributed by atoms with van der Waals surface area (Å²) in [6, 6.07) is 4.29. The van der Waals surface area contributed by atoms with Gasteiger partial charge >= 0.3 is 0 Å². The Morgan fingerprint density at radius 3 is 2.85 bits per heavy atom. The number of halogens is 2. The Labute approximate surface area is 194 Å². The fourth-order valence-corrected chi connectivity index (χ4v) is 3.73. The molecule has 3 N–H and O–H groups in total. The van der Waals surface area contributed by atoms with Gasteiger partial charge in [0, 0.05) is 36.0 Å². The average molecular weight is 473 g/mol. The van der Waals surface area contributed by atoms with Crippen molar-refractivity contribution in [3.8, 4) is 11.3 Å². The highest BCUT2D eigenvalue weighted by Crippen LogP contribution is 2.30. The lowest BCUT2D eigenvalue weighted by molar-refractivity contribution is -0.413. The highest BCUT2D eigenvalue weighted by molar-refractivity contribution is 6.30. The molecule has 1 aliphatic rings. The average Bonchev–Trinajstić information content (AvgIpc) is 2.81. The van der Waals surface area contributed by atoms with Gasteiger partial charge in [0.15, 0.2) is 11.7 Å². The minimum Gasteiger partial charge on any atom is -0.400 e. The number of anilines is 1. The number of nitrogens with two attached hydrogens (primary N) is 1. The van der Waals surface area contributed by atoms with E-state index in [0.717, 1.165) is 0 Å². The summed E-state index contributed by atoms with van der Waals surface area (Å²) in [7, 11) is 3.39. The molecule has 1 aromatic carbocycles. The minimum absolute atomic E-state index is 0.104. The largest absolute Gasteiger partial charge is 0.400 e. The van der Waals surface area contributed by atoms with E-state index in [4.69, 9.17) is 22.1 Å². The SMILES string of the molecule is C[NH+]=C/C=C(\N)C1CN(c2nc(-c3ccc(Cl)cc3F)c3nc(C)n(C)c(=O)c3n2)CCO1. The summed E-state index contributed by atoms with van der Waals surface area (Å²) in [6.07, 6.45) is 3.05. The third-order valence-electron chi connectivity index (χ3n) is 5.49. The number of aryl methyl sites for hydroxylation is 1. The lowest BCUT2D eigenvalue weighted by Crippen LogP contribution is -2.62. The van der Waals surface area contributed by atoms with Crippen LogP contribution in [0.25, 0.3) is 22.3 Å². The van der Waals surface area contributed by atoms with Crippen LogP contribution in [-0.2, 0) is 11.8 Å². The number of allylic oxidation sites excluding steroid dienone is 1. The minimum atomic E-state index is -0.566. The molecule has 0 saturated carbocycles. The van der Waals surface area contributed by atoms with Crippen molar-refractivity contribution in [1.82, 2.24) is 19.5 Å². The molecule has 3 heterocycles. The number of nitrogens with one attached hydrogen (secondary N) is 1. The molecular formula is C22H24ClFN7O2+. The van der Waals surface area contributed by atoms with Gasteiger partial charge < -0.3 is 15.4 Å². The van der Waals surface area contributed by atoms with Crippen molar-refractivity contribution in [3.05, 3.63) is 57.0 Å². The number of aromatic nitrogens is 4. The third kappa shape index (κ3) is 4.44. The molecule has 1 unspecified atom stereocenters. The van der Waals surface area contributed by atoms with Crippen LogP contribution >= 0.6 is 11.6 Å². The molecule has 1 saturated heterocycles. The van der Waals surface area contributed by atoms with Crippen LogP contribution in [-0.4, -0.2) is 58.6 Å². The molecular weight excluding hydrogens is 449 g/mol. The Morgan fingerprint density at radius 1 is 1.33 bits per heavy atom. The Balaban J connectivity index is 1.88. The second-order valence-corrected chi connectivity index (χ2v) is 8.08. The van der Waals surface area contributed by atoms with Crippen molar-refractivity contribution in [2.24, 2.45) is 12.8 Å². The van der Waals surface area contributed by atoms with Crippen molar-refractivity contribution in [1.29, 1.82) is 0 Å². The number of benzene rings is 1. The topological polar surface area (TPSA) is 113 Å². The van der Waals surface area contributed by atoms with Gasteiger partial charge in [-0.15, -0.1) is 0 Å². The van der Waals surface area contributed by atoms with Crippen LogP contribution in [0.4, 0.5) is 10.3 Å². The van der Waals surface area contributed by atoms with E-state index in [9.17, 15) is 9.18 Å². The first kappa shape index (κ1) is 22.8. The number of nitrogens with zero attached hydrogens (tertiary/aromatic N) is 5. The zero-order chi connectivity index (χ0) is 23.7. The lowest BCUT2D eigenvalue weighted by Gasteiger charge is -2.33. The maximum Gasteiger partial charge on any atom is 0.279 e. The predicted molar refractivity (Wildman–Crippen MR) is 125 cm³/mol. The fraction of sp³-hybridized carbons (Fsp3) is 0.318. The molecule has 1 aliphatic heterocycles. The van der Waals surface area contributed by atoms with E-state index in [-0.39, 0.29) is 38.8 Å². The van der Waals surface area contributed by atoms with Gasteiger partial charge in [-0.1, -0.05) is 11.6 Å². The lowest BCUT2D eigenvalue weighted by atomic mass is 10.1. The van der Waals surface area contributed by atoms with Crippen LogP contribution in [0, 0.1) is 12.7 Å². The van der Waals surface area contributed by atoms with E-state index in [0.29, 0.717) is 31.2 Å². The summed E-state index contributed by atoms with van der Waals surface area (Å²) in [6.45, 7) is 2.93. The predicted octanol–water partition coefficient (Wildman–Crippen LogP) is 0.320. The van der Waals surface area contributed by atoms with E-state index in [1.165, 1.54) is 16.7 Å². The van der Waals surface area contributed by atoms with Crippen LogP contribution in [0.15, 0.2) is 34.8 Å². The molecule has 0 spiro atoms. The summed E-state index contributed by atoms with van der Waals surface area (Å²) < 4.78 is 22.1. The van der Waals surface area contributed by atoms with E-state index in [1.807, 2.05) is 4.90 Å². The molecule has 3 aromatic rings. The van der Waals surface area contributed by atoms with Crippen molar-refractivity contribution in [3.63, 3.8) is 0 Å². The van der Waals surface area contributed by atoms with Crippen molar-refractivity contribution >= 4 is 34.8 Å². The monoisotopic (exact) mass is 472 g/mol. The molecule has 0 aliphatic carbocycles. The summed E-state index contributed by atoms with van der Waals surface area (Å²) in [5.41, 5.74) is 7.08. The standard InChI is InChI=1S/C22H23ClFN7O2/c1-12-27-19-18(14-5-4-13(23)10-15(14)24)28-22(29-20(19)21(32)30(12)3)31-8-9-33-17(11-31)16(25)6-7-26-2/h4-7,10,17H,8-9,11,25H2,1-3H3/p+1/b16-6-,26-7?. The molecule has 0 radical (unpaired) electrons. The quantitative estimate of drug-likeness (QED) is 0.526. The summed E-state index contributed by atoms with van der Waals surface area (Å²) in [4.78, 5) is 31.4. The second kappa shape index (κ2) is 9.24. The van der Waals surface area contributed by atoms with Crippen LogP contribution in [0.5, 0.6) is 0 Å². The molecule has 0 bridgehead atoms. The van der Waals surface area contributed by atoms with E-state index >= 15 is 0 Å². The van der Waals surface area contributed by atoms with Gasteiger partial charge in [0.25, 0.3) is 5.56 Å². The Kier molecular flexibility index (Phi) is 6.39. The van der Waals surface area contributed by atoms with Crippen LogP contribution < -0.4 is 21.2 Å². The molecule has 2 aromatic heterocycles. The molecule has 172 valence electrons. The van der Waals surface area contributed by atoms with Gasteiger partial charge in [-0.2, -0.15) is 0 Å². The number of hydrogen-bond donors (Lipinski definition) is 2. The fourth-order valence-electron chi connectivity index (χ4n) is 3.57. The molecule has 33 heavy (non-hydrogen) atoms. The first-order valence-electron chi connectivity index (χ1n) is 10.3. The number of morpholine rings is 1. The zero-order valence-electron chi connectivity index (χ0n) is 18.5. The maximum atomic E-state index is 14.9. The maximum absolute atomic E-state index is 14.9. The van der Waals surface area contributed by atoms with E-state index in [1.54, 1.807) is 39.4 Å². The van der Waals surface area contributed by atoms with Crippen molar-refractivity contribution in [2.75, 3.05) is 31.6 Å². The van der Waals surface area contributed by atoms with Gasteiger partial charge in [-0.3, -0.25) is 14.4 Å². The summed E-state index contributed by atoms with van der Waals surface area (Å²) >= 11 is 5.94. The first-order chi connectivity index (χ1) is 15.8. The Morgan fingerprint density at radius 2 is 2.12 bits per heavy atom. The molecule has 11 heteroatoms. The van der Waals surface area contributed by atoms with Gasteiger partial charge in [0.2, 0.25) is 5.95 Å². The Bertz CT molecular complexity index is 1340. The van der Waals surface area contributed by atoms with Gasteiger partial charge in [-0.05, 0) is 25.1 Å². The van der Waals surface area contributed by atoms with Gasteiger partial charge in [-0.25, -0.2) is 19.3 Å².